The van der Waals surface area contributed by atoms with Crippen LogP contribution in [0.1, 0.15) is 23.7 Å². The van der Waals surface area contributed by atoms with Gasteiger partial charge in [0.25, 0.3) is 5.91 Å². The molecule has 7 nitrogen and oxygen atoms in total. The number of β-amino-alcohol motifs (C(OH)–C–C–N with tert-alkyl or cyclic N) is 1. The summed E-state index contributed by atoms with van der Waals surface area (Å²) < 4.78 is 5.30. The lowest BCUT2D eigenvalue weighted by molar-refractivity contribution is 0.0223. The average molecular weight is 433 g/mol. The number of carbonyl (C=O) groups is 1. The van der Waals surface area contributed by atoms with Gasteiger partial charge < -0.3 is 20.1 Å². The Kier molecular flexibility index (Phi) is 8.45. The zero-order valence-electron chi connectivity index (χ0n) is 17.3. The van der Waals surface area contributed by atoms with Gasteiger partial charge in [-0.1, -0.05) is 23.7 Å². The third-order valence-corrected chi connectivity index (χ3v) is 5.35. The SMILES string of the molecule is CCOCC(O)CN1CCCN(c2ccc(NC(=O)c3ccccc3Cl)cn2)CC1. The molecule has 8 heteroatoms. The minimum Gasteiger partial charge on any atom is -0.389 e. The lowest BCUT2D eigenvalue weighted by Crippen LogP contribution is -2.37. The van der Waals surface area contributed by atoms with E-state index in [1.165, 1.54) is 0 Å². The lowest BCUT2D eigenvalue weighted by Gasteiger charge is -2.24. The first kappa shape index (κ1) is 22.5. The number of anilines is 2. The van der Waals surface area contributed by atoms with Crippen molar-refractivity contribution in [3.05, 3.63) is 53.2 Å². The average Bonchev–Trinajstić information content (AvgIpc) is 2.98. The van der Waals surface area contributed by atoms with Gasteiger partial charge in [0.15, 0.2) is 0 Å². The smallest absolute Gasteiger partial charge is 0.257 e. The lowest BCUT2D eigenvalue weighted by atomic mass is 10.2. The molecule has 2 N–H and O–H groups in total. The number of aliphatic hydroxyl groups is 1. The molecule has 1 aliphatic rings. The number of carbonyl (C=O) groups excluding carboxylic acids is 1. The maximum atomic E-state index is 12.4. The quantitative estimate of drug-likeness (QED) is 0.667. The Labute approximate surface area is 182 Å². The van der Waals surface area contributed by atoms with Gasteiger partial charge in [-0.25, -0.2) is 4.98 Å². The monoisotopic (exact) mass is 432 g/mol. The number of nitrogens with zero attached hydrogens (tertiary/aromatic N) is 3. The molecule has 1 saturated heterocycles. The molecule has 162 valence electrons. The number of hydrogen-bond donors (Lipinski definition) is 2. The Bertz CT molecular complexity index is 818. The first-order chi connectivity index (χ1) is 14.6. The van der Waals surface area contributed by atoms with Crippen LogP contribution in [0.15, 0.2) is 42.6 Å². The highest BCUT2D eigenvalue weighted by atomic mass is 35.5. The van der Waals surface area contributed by atoms with E-state index in [2.05, 4.69) is 20.1 Å². The third-order valence-electron chi connectivity index (χ3n) is 5.02. The first-order valence-corrected chi connectivity index (χ1v) is 10.7. The second-order valence-corrected chi connectivity index (χ2v) is 7.70. The van der Waals surface area contributed by atoms with Crippen LogP contribution in [0.3, 0.4) is 0 Å². The van der Waals surface area contributed by atoms with E-state index < -0.39 is 6.10 Å². The number of benzene rings is 1. The number of nitrogens with one attached hydrogen (secondary N) is 1. The van der Waals surface area contributed by atoms with Crippen LogP contribution in [0, 0.1) is 0 Å². The molecule has 0 bridgehead atoms. The van der Waals surface area contributed by atoms with Crippen molar-refractivity contribution in [3.63, 3.8) is 0 Å². The van der Waals surface area contributed by atoms with Gasteiger partial charge in [-0.3, -0.25) is 9.69 Å². The van der Waals surface area contributed by atoms with Crippen molar-refractivity contribution in [2.75, 3.05) is 56.2 Å². The number of rotatable bonds is 8. The number of hydrogen-bond acceptors (Lipinski definition) is 6. The van der Waals surface area contributed by atoms with Crippen molar-refractivity contribution in [1.82, 2.24) is 9.88 Å². The van der Waals surface area contributed by atoms with E-state index in [1.807, 2.05) is 19.1 Å². The summed E-state index contributed by atoms with van der Waals surface area (Å²) in [7, 11) is 0. The topological polar surface area (TPSA) is 77.9 Å². The van der Waals surface area contributed by atoms with Crippen LogP contribution in [-0.2, 0) is 4.74 Å². The van der Waals surface area contributed by atoms with Crippen molar-refractivity contribution in [3.8, 4) is 0 Å². The molecule has 0 radical (unpaired) electrons. The van der Waals surface area contributed by atoms with Gasteiger partial charge in [-0.15, -0.1) is 0 Å². The molecule has 1 unspecified atom stereocenters. The molecule has 1 aromatic heterocycles. The number of aromatic nitrogens is 1. The Morgan fingerprint density at radius 2 is 2.07 bits per heavy atom. The largest absolute Gasteiger partial charge is 0.389 e. The molecule has 0 aliphatic carbocycles. The number of amides is 1. The maximum Gasteiger partial charge on any atom is 0.257 e. The highest BCUT2D eigenvalue weighted by Crippen LogP contribution is 2.19. The fourth-order valence-electron chi connectivity index (χ4n) is 3.48. The second kappa shape index (κ2) is 11.3. The number of ether oxygens (including phenoxy) is 1. The van der Waals surface area contributed by atoms with Crippen molar-refractivity contribution in [2.45, 2.75) is 19.4 Å². The van der Waals surface area contributed by atoms with Crippen LogP contribution in [0.2, 0.25) is 5.02 Å². The van der Waals surface area contributed by atoms with Crippen LogP contribution < -0.4 is 10.2 Å². The summed E-state index contributed by atoms with van der Waals surface area (Å²) in [5, 5.41) is 13.3. The summed E-state index contributed by atoms with van der Waals surface area (Å²) in [4.78, 5) is 21.4. The summed E-state index contributed by atoms with van der Waals surface area (Å²) >= 11 is 6.09. The molecule has 1 aromatic carbocycles. The Morgan fingerprint density at radius 3 is 2.80 bits per heavy atom. The van der Waals surface area contributed by atoms with Crippen molar-refractivity contribution >= 4 is 29.0 Å². The van der Waals surface area contributed by atoms with Gasteiger partial charge in [0.2, 0.25) is 0 Å². The molecule has 1 amide bonds. The van der Waals surface area contributed by atoms with E-state index in [4.69, 9.17) is 16.3 Å². The molecule has 30 heavy (non-hydrogen) atoms. The summed E-state index contributed by atoms with van der Waals surface area (Å²) in [6.07, 6.45) is 2.20. The molecular weight excluding hydrogens is 404 g/mol. The van der Waals surface area contributed by atoms with Gasteiger partial charge in [-0.2, -0.15) is 0 Å². The van der Waals surface area contributed by atoms with Crippen LogP contribution in [0.4, 0.5) is 11.5 Å². The van der Waals surface area contributed by atoms with Gasteiger partial charge >= 0.3 is 0 Å². The van der Waals surface area contributed by atoms with E-state index in [-0.39, 0.29) is 5.91 Å². The fraction of sp³-hybridized carbons (Fsp3) is 0.455. The Morgan fingerprint density at radius 1 is 1.23 bits per heavy atom. The molecular formula is C22H29ClN4O3. The van der Waals surface area contributed by atoms with E-state index in [1.54, 1.807) is 30.5 Å². The zero-order chi connectivity index (χ0) is 21.3. The van der Waals surface area contributed by atoms with Gasteiger partial charge in [0, 0.05) is 32.8 Å². The van der Waals surface area contributed by atoms with E-state index >= 15 is 0 Å². The standard InChI is InChI=1S/C22H29ClN4O3/c1-2-30-16-18(28)15-26-10-5-11-27(13-12-26)21-9-8-17(14-24-21)25-22(29)19-6-3-4-7-20(19)23/h3-4,6-9,14,18,28H,2,5,10-13,15-16H2,1H3,(H,25,29). The molecule has 0 saturated carbocycles. The predicted molar refractivity (Wildman–Crippen MR) is 119 cm³/mol. The van der Waals surface area contributed by atoms with Crippen molar-refractivity contribution in [2.24, 2.45) is 0 Å². The molecule has 2 aromatic rings. The Balaban J connectivity index is 1.53. The number of halogens is 1. The molecule has 1 fully saturated rings. The van der Waals surface area contributed by atoms with Crippen molar-refractivity contribution in [1.29, 1.82) is 0 Å². The predicted octanol–water partition coefficient (Wildman–Crippen LogP) is 2.90. The maximum absolute atomic E-state index is 12.4. The minimum atomic E-state index is -0.462. The van der Waals surface area contributed by atoms with Gasteiger partial charge in [0.05, 0.1) is 35.2 Å². The molecule has 3 rings (SSSR count). The Hall–Kier alpha value is -2.19. The van der Waals surface area contributed by atoms with Crippen LogP contribution in [-0.4, -0.2) is 72.9 Å². The fourth-order valence-corrected chi connectivity index (χ4v) is 3.70. The summed E-state index contributed by atoms with van der Waals surface area (Å²) in [5.41, 5.74) is 1.06. The van der Waals surface area contributed by atoms with E-state index in [9.17, 15) is 9.90 Å². The van der Waals surface area contributed by atoms with Gasteiger partial charge in [-0.05, 0) is 44.2 Å². The molecule has 1 atom stereocenters. The number of aliphatic hydroxyl groups excluding tert-OH is 1. The summed E-state index contributed by atoms with van der Waals surface area (Å²) in [6.45, 7) is 7.06. The normalized spacial score (nSPS) is 16.2. The van der Waals surface area contributed by atoms with Gasteiger partial charge in [0.1, 0.15) is 5.82 Å². The second-order valence-electron chi connectivity index (χ2n) is 7.29. The van der Waals surface area contributed by atoms with Crippen LogP contribution in [0.5, 0.6) is 0 Å². The zero-order valence-corrected chi connectivity index (χ0v) is 18.0. The molecule has 0 spiro atoms. The molecule has 1 aliphatic heterocycles. The summed E-state index contributed by atoms with van der Waals surface area (Å²) in [5.74, 6) is 0.619. The van der Waals surface area contributed by atoms with E-state index in [0.29, 0.717) is 36.0 Å². The third kappa shape index (κ3) is 6.40. The van der Waals surface area contributed by atoms with Crippen LogP contribution in [0.25, 0.3) is 0 Å². The molecule has 2 heterocycles. The van der Waals surface area contributed by atoms with Crippen LogP contribution >= 0.6 is 11.6 Å². The highest BCUT2D eigenvalue weighted by Gasteiger charge is 2.18. The van der Waals surface area contributed by atoms with E-state index in [0.717, 1.165) is 38.4 Å². The minimum absolute atomic E-state index is 0.258. The summed E-state index contributed by atoms with van der Waals surface area (Å²) in [6, 6.07) is 10.7. The van der Waals surface area contributed by atoms with Crippen molar-refractivity contribution < 1.29 is 14.6 Å². The highest BCUT2D eigenvalue weighted by molar-refractivity contribution is 6.34. The number of pyridine rings is 1. The first-order valence-electron chi connectivity index (χ1n) is 10.3.